The molecule has 0 bridgehead atoms. The number of rotatable bonds is 15. The largest absolute Gasteiger partial charge is 0.492 e. The number of carbonyl (C=O) groups is 6. The summed E-state index contributed by atoms with van der Waals surface area (Å²) in [5.74, 6) is 0.834. The number of hydrogen-bond acceptors (Lipinski definition) is 21. The summed E-state index contributed by atoms with van der Waals surface area (Å²) < 4.78 is 62.9. The van der Waals surface area contributed by atoms with Gasteiger partial charge in [-0.2, -0.15) is 5.26 Å². The normalized spacial score (nSPS) is 21.0. The van der Waals surface area contributed by atoms with Gasteiger partial charge >= 0.3 is 12.2 Å². The van der Waals surface area contributed by atoms with Gasteiger partial charge in [-0.3, -0.25) is 29.0 Å². The van der Waals surface area contributed by atoms with Gasteiger partial charge < -0.3 is 71.0 Å². The molecular weight excluding hydrogens is 1100 g/mol. The second-order valence-electron chi connectivity index (χ2n) is 22.5. The zero-order valence-corrected chi connectivity index (χ0v) is 46.2. The summed E-state index contributed by atoms with van der Waals surface area (Å²) in [5, 5.41) is 32.0. The molecule has 0 radical (unpaired) electrons. The molecule has 1 saturated carbocycles. The molecule has 1 spiro atoms. The van der Waals surface area contributed by atoms with Gasteiger partial charge in [-0.25, -0.2) is 38.3 Å². The Morgan fingerprint density at radius 1 is 0.857 bits per heavy atom. The summed E-state index contributed by atoms with van der Waals surface area (Å²) in [7, 11) is 0. The third-order valence-electron chi connectivity index (χ3n) is 15.2. The summed E-state index contributed by atoms with van der Waals surface area (Å²) in [5.41, 5.74) is 14.4. The van der Waals surface area contributed by atoms with Crippen LogP contribution in [-0.2, 0) is 54.3 Å². The van der Waals surface area contributed by atoms with Crippen LogP contribution in [0.4, 0.5) is 41.6 Å². The van der Waals surface area contributed by atoms with Gasteiger partial charge in [-0.15, -0.1) is 0 Å². The Labute approximate surface area is 480 Å². The standard InChI is InChI=1S/C28H33N7O5.C25H28F2N6O5.2CH2O2/c1-27(2,30)16-39-20-9-18-7-17(8-21(18)19(10-20)11-29)13-34-5-3-28(4-6-34)15-35(26(37)40-28)22-12-31-25-24(32-22)33-23(36)14-38-25;26-17-7-18(37-12-25(28)2-3-25)21(27)16-6-13(5-15(16)17)8-29-4-1-14-10-33(24(35)38-14)19-9-30-23-22(31-19)32-20(34)11-36-23;2*2-1-3/h9-10,12,17H,3-8,13-16,30H2,1-2H3,(H,32,33,36);7,9,13-14,29H,1-6,8,10-12,28H2,(H,31,32,34);2*1H,(H,2,3). The number of nitrogens with one attached hydrogen (secondary N) is 3. The number of anilines is 4. The third kappa shape index (κ3) is 14.4. The van der Waals surface area contributed by atoms with Crippen LogP contribution in [0.1, 0.15) is 73.8 Å². The molecule has 27 nitrogen and oxygen atoms in total. The number of piperidine rings is 1. The lowest BCUT2D eigenvalue weighted by Gasteiger charge is -2.38. The maximum atomic E-state index is 15.0. The molecule has 4 aromatic rings. The van der Waals surface area contributed by atoms with Crippen molar-refractivity contribution < 1.29 is 76.2 Å². The van der Waals surface area contributed by atoms with Gasteiger partial charge in [0, 0.05) is 44.1 Å². The van der Waals surface area contributed by atoms with E-state index in [1.807, 2.05) is 19.9 Å². The molecule has 3 unspecified atom stereocenters. The number of ether oxygens (including phenoxy) is 6. The Balaban J connectivity index is 0.000000185. The Hall–Kier alpha value is -8.59. The summed E-state index contributed by atoms with van der Waals surface area (Å²) in [4.78, 5) is 87.3. The Morgan fingerprint density at radius 2 is 1.48 bits per heavy atom. The predicted octanol–water partition coefficient (Wildman–Crippen LogP) is 3.08. The van der Waals surface area contributed by atoms with Crippen LogP contribution < -0.4 is 56.2 Å². The van der Waals surface area contributed by atoms with Gasteiger partial charge in [0.2, 0.25) is 0 Å². The van der Waals surface area contributed by atoms with Gasteiger partial charge in [0.1, 0.15) is 36.5 Å². The highest BCUT2D eigenvalue weighted by Gasteiger charge is 2.49. The summed E-state index contributed by atoms with van der Waals surface area (Å²) in [6.45, 7) is 7.93. The first kappa shape index (κ1) is 60.0. The minimum absolute atomic E-state index is 0.0411. The Bertz CT molecular complexity index is 3200. The highest BCUT2D eigenvalue weighted by Crippen LogP contribution is 2.41. The lowest BCUT2D eigenvalue weighted by molar-refractivity contribution is -0.123. The van der Waals surface area contributed by atoms with Crippen LogP contribution in [0.5, 0.6) is 23.3 Å². The molecule has 4 amide bonds. The molecule has 29 heteroatoms. The number of cyclic esters (lactones) is 1. The first-order valence-corrected chi connectivity index (χ1v) is 27.3. The first-order chi connectivity index (χ1) is 40.2. The molecule has 2 aromatic heterocycles. The van der Waals surface area contributed by atoms with Gasteiger partial charge in [0.15, 0.2) is 48.1 Å². The van der Waals surface area contributed by atoms with E-state index in [4.69, 9.17) is 59.7 Å². The average molecular weight is 1170 g/mol. The maximum absolute atomic E-state index is 15.0. The molecular formula is C55H65F2N13O14. The molecule has 12 rings (SSSR count). The van der Waals surface area contributed by atoms with Gasteiger partial charge in [0.25, 0.3) is 36.5 Å². The van der Waals surface area contributed by atoms with Crippen molar-refractivity contribution in [2.45, 2.75) is 94.4 Å². The minimum Gasteiger partial charge on any atom is -0.492 e. The van der Waals surface area contributed by atoms with E-state index in [1.54, 1.807) is 0 Å². The van der Waals surface area contributed by atoms with Crippen molar-refractivity contribution in [2.24, 2.45) is 23.3 Å². The second-order valence-corrected chi connectivity index (χ2v) is 22.5. The van der Waals surface area contributed by atoms with Gasteiger partial charge in [-0.05, 0) is 118 Å². The van der Waals surface area contributed by atoms with Crippen LogP contribution in [0.25, 0.3) is 0 Å². The third-order valence-corrected chi connectivity index (χ3v) is 15.2. The Kier molecular flexibility index (Phi) is 18.2. The highest BCUT2D eigenvalue weighted by atomic mass is 19.1. The number of nitriles is 1. The fourth-order valence-corrected chi connectivity index (χ4v) is 10.9. The van der Waals surface area contributed by atoms with Crippen molar-refractivity contribution in [2.75, 3.05) is 92.7 Å². The number of fused-ring (bicyclic) bond motifs is 4. The zero-order valence-electron chi connectivity index (χ0n) is 46.2. The number of likely N-dealkylation sites (tertiary alicyclic amines) is 1. The van der Waals surface area contributed by atoms with Crippen molar-refractivity contribution in [1.82, 2.24) is 30.2 Å². The number of benzene rings is 2. The number of hydrogen-bond donors (Lipinski definition) is 7. The molecule has 4 fully saturated rings. The van der Waals surface area contributed by atoms with E-state index in [0.717, 1.165) is 56.9 Å². The maximum Gasteiger partial charge on any atom is 0.416 e. The molecule has 448 valence electrons. The lowest BCUT2D eigenvalue weighted by Crippen LogP contribution is -2.48. The van der Waals surface area contributed by atoms with E-state index in [-0.39, 0.29) is 98.1 Å². The number of carbonyl (C=O) groups excluding carboxylic acids is 4. The predicted molar refractivity (Wildman–Crippen MR) is 292 cm³/mol. The van der Waals surface area contributed by atoms with E-state index in [0.29, 0.717) is 92.5 Å². The molecule has 9 N–H and O–H groups in total. The monoisotopic (exact) mass is 1170 g/mol. The van der Waals surface area contributed by atoms with E-state index >= 15 is 0 Å². The smallest absolute Gasteiger partial charge is 0.416 e. The number of halogens is 2. The van der Waals surface area contributed by atoms with Gasteiger partial charge in [-0.1, -0.05) is 0 Å². The SMILES string of the molecule is CC(C)(N)COc1cc(C#N)c2c(c1)CC(CN1CCC3(CC1)CN(c1cnc4c(n1)NC(=O)CO4)C(=O)O3)C2.NC1(COc2cc(F)c3c(c2F)CC(CNCCC2CN(c4cnc5c(n4)NC(=O)CO5)C(=O)O2)C3)CC1.O=CO.O=CO. The fourth-order valence-electron chi connectivity index (χ4n) is 10.9. The molecule has 5 aliphatic heterocycles. The van der Waals surface area contributed by atoms with Crippen molar-refractivity contribution in [3.05, 3.63) is 70.0 Å². The summed E-state index contributed by atoms with van der Waals surface area (Å²) in [6.07, 6.45) is 7.71. The van der Waals surface area contributed by atoms with Crippen LogP contribution in [0.15, 0.2) is 30.6 Å². The number of nitrogens with two attached hydrogens (primary N) is 2. The van der Waals surface area contributed by atoms with E-state index < -0.39 is 40.5 Å². The van der Waals surface area contributed by atoms with Crippen molar-refractivity contribution >= 4 is 60.2 Å². The van der Waals surface area contributed by atoms with Crippen molar-refractivity contribution in [1.29, 1.82) is 5.26 Å². The first-order valence-electron chi connectivity index (χ1n) is 27.3. The number of nitrogens with zero attached hydrogens (tertiary/aromatic N) is 8. The molecule has 84 heavy (non-hydrogen) atoms. The van der Waals surface area contributed by atoms with Crippen LogP contribution in [0.3, 0.4) is 0 Å². The van der Waals surface area contributed by atoms with Crippen LogP contribution in [-0.4, -0.2) is 167 Å². The number of aromatic nitrogens is 4. The van der Waals surface area contributed by atoms with E-state index in [9.17, 15) is 33.2 Å². The fraction of sp³-hybridized carbons (Fsp3) is 0.509. The van der Waals surface area contributed by atoms with E-state index in [2.05, 4.69) is 52.9 Å². The summed E-state index contributed by atoms with van der Waals surface area (Å²) >= 11 is 0. The van der Waals surface area contributed by atoms with E-state index in [1.165, 1.54) is 27.8 Å². The molecule has 3 saturated heterocycles. The van der Waals surface area contributed by atoms with Crippen LogP contribution >= 0.6 is 0 Å². The van der Waals surface area contributed by atoms with Crippen molar-refractivity contribution in [3.8, 4) is 29.3 Å². The second kappa shape index (κ2) is 25.5. The molecule has 7 heterocycles. The summed E-state index contributed by atoms with van der Waals surface area (Å²) in [6, 6.07) is 7.36. The number of carboxylic acid groups (broad SMARTS) is 2. The highest BCUT2D eigenvalue weighted by molar-refractivity contribution is 5.96. The quantitative estimate of drug-likeness (QED) is 0.0664. The average Bonchev–Trinajstić information content (AvgIpc) is 2.96. The molecule has 8 aliphatic rings. The Morgan fingerprint density at radius 3 is 2.10 bits per heavy atom. The topological polar surface area (TPSA) is 371 Å². The molecule has 2 aromatic carbocycles. The molecule has 3 atom stereocenters. The molecule has 3 aliphatic carbocycles. The van der Waals surface area contributed by atoms with Crippen LogP contribution in [0, 0.1) is 34.8 Å². The van der Waals surface area contributed by atoms with Crippen molar-refractivity contribution in [3.63, 3.8) is 0 Å². The number of amides is 4. The lowest BCUT2D eigenvalue weighted by atomic mass is 9.90. The minimum atomic E-state index is -0.583. The van der Waals surface area contributed by atoms with Gasteiger partial charge in [0.05, 0.1) is 42.7 Å². The van der Waals surface area contributed by atoms with Crippen LogP contribution in [0.2, 0.25) is 0 Å². The zero-order chi connectivity index (χ0) is 59.9.